The minimum Gasteiger partial charge on any atom is -0.460 e. The van der Waals surface area contributed by atoms with Crippen molar-refractivity contribution in [3.63, 3.8) is 0 Å². The van der Waals surface area contributed by atoms with Gasteiger partial charge in [-0.25, -0.2) is 0 Å². The van der Waals surface area contributed by atoms with E-state index in [0.717, 1.165) is 19.6 Å². The van der Waals surface area contributed by atoms with Gasteiger partial charge in [0.1, 0.15) is 5.60 Å². The van der Waals surface area contributed by atoms with Crippen molar-refractivity contribution in [3.8, 4) is 0 Å². The molecule has 0 spiro atoms. The third-order valence-electron chi connectivity index (χ3n) is 7.80. The van der Waals surface area contributed by atoms with E-state index in [2.05, 4.69) is 145 Å². The van der Waals surface area contributed by atoms with Crippen LogP contribution in [0.5, 0.6) is 0 Å². The van der Waals surface area contributed by atoms with E-state index in [1.54, 1.807) is 0 Å². The lowest BCUT2D eigenvalue weighted by Crippen LogP contribution is -2.51. The molecular weight excluding hydrogens is 516 g/mol. The predicted molar refractivity (Wildman–Crippen MR) is 173 cm³/mol. The van der Waals surface area contributed by atoms with Crippen LogP contribution in [0.1, 0.15) is 69.3 Å². The number of carbonyl (C=O) groups is 1. The first-order valence-corrected chi connectivity index (χ1v) is 15.1. The van der Waals surface area contributed by atoms with E-state index in [1.807, 2.05) is 20.8 Å². The van der Waals surface area contributed by atoms with Crippen molar-refractivity contribution in [3.05, 3.63) is 144 Å². The number of benzene rings is 4. The Balaban J connectivity index is 1.76. The van der Waals surface area contributed by atoms with Crippen molar-refractivity contribution in [2.75, 3.05) is 0 Å². The highest BCUT2D eigenvalue weighted by Gasteiger charge is 2.35. The SMILES string of the molecule is C[C@H]([C@@H](CC(=O)OC(C)(C)C)N(Cc1ccccc1)[C@@H](C)c1ccccc1)N(Cc1ccccc1)Cc1ccccc1. The standard InChI is InChI=1S/C38H46N2O2/c1-30(35-24-16-9-17-25-35)40(29-34-22-14-8-15-23-34)36(26-37(41)42-38(3,4)5)31(2)39(27-32-18-10-6-11-19-32)28-33-20-12-7-13-21-33/h6-25,30-31,36H,26-29H2,1-5H3/t30-,31+,36+/m0/s1. The second-order valence-corrected chi connectivity index (χ2v) is 12.2. The Morgan fingerprint density at radius 2 is 1.05 bits per heavy atom. The third kappa shape index (κ3) is 9.40. The van der Waals surface area contributed by atoms with Gasteiger partial charge in [0, 0.05) is 37.8 Å². The zero-order valence-corrected chi connectivity index (χ0v) is 25.8. The van der Waals surface area contributed by atoms with Gasteiger partial charge in [-0.2, -0.15) is 0 Å². The average Bonchev–Trinajstić information content (AvgIpc) is 2.99. The molecule has 220 valence electrons. The van der Waals surface area contributed by atoms with E-state index in [0.29, 0.717) is 6.42 Å². The van der Waals surface area contributed by atoms with Crippen molar-refractivity contribution in [1.29, 1.82) is 0 Å². The van der Waals surface area contributed by atoms with Crippen molar-refractivity contribution in [1.82, 2.24) is 9.80 Å². The van der Waals surface area contributed by atoms with E-state index in [1.165, 1.54) is 22.3 Å². The minimum absolute atomic E-state index is 0.0350. The zero-order chi connectivity index (χ0) is 30.0. The van der Waals surface area contributed by atoms with Gasteiger partial charge in [-0.1, -0.05) is 121 Å². The normalized spacial score (nSPS) is 14.0. The summed E-state index contributed by atoms with van der Waals surface area (Å²) in [5.74, 6) is -0.169. The van der Waals surface area contributed by atoms with Crippen LogP contribution in [0.15, 0.2) is 121 Å². The summed E-state index contributed by atoms with van der Waals surface area (Å²) in [6, 6.07) is 42.4. The molecule has 0 fully saturated rings. The number of hydrogen-bond acceptors (Lipinski definition) is 4. The molecule has 4 aromatic carbocycles. The van der Waals surface area contributed by atoms with Gasteiger partial charge in [-0.3, -0.25) is 14.6 Å². The van der Waals surface area contributed by atoms with Gasteiger partial charge in [-0.15, -0.1) is 0 Å². The van der Waals surface area contributed by atoms with Crippen LogP contribution in [-0.2, 0) is 29.2 Å². The van der Waals surface area contributed by atoms with Gasteiger partial charge in [0.2, 0.25) is 0 Å². The fourth-order valence-electron chi connectivity index (χ4n) is 5.60. The third-order valence-corrected chi connectivity index (χ3v) is 7.80. The topological polar surface area (TPSA) is 32.8 Å². The Hall–Kier alpha value is -3.73. The molecule has 4 nitrogen and oxygen atoms in total. The Labute approximate surface area is 253 Å². The molecule has 3 atom stereocenters. The van der Waals surface area contributed by atoms with Crippen LogP contribution in [0.3, 0.4) is 0 Å². The maximum absolute atomic E-state index is 13.6. The first kappa shape index (κ1) is 31.2. The summed E-state index contributed by atoms with van der Waals surface area (Å²) in [5.41, 5.74) is 4.41. The molecule has 0 saturated carbocycles. The molecule has 0 unspecified atom stereocenters. The molecule has 4 heteroatoms. The molecular formula is C38H46N2O2. The number of carbonyl (C=O) groups excluding carboxylic acids is 1. The van der Waals surface area contributed by atoms with Gasteiger partial charge >= 0.3 is 5.97 Å². The van der Waals surface area contributed by atoms with E-state index in [-0.39, 0.29) is 24.1 Å². The summed E-state index contributed by atoms with van der Waals surface area (Å²) >= 11 is 0. The summed E-state index contributed by atoms with van der Waals surface area (Å²) in [7, 11) is 0. The summed E-state index contributed by atoms with van der Waals surface area (Å²) in [4.78, 5) is 18.6. The highest BCUT2D eigenvalue weighted by atomic mass is 16.6. The summed E-state index contributed by atoms with van der Waals surface area (Å²) in [6.07, 6.45) is 0.294. The highest BCUT2D eigenvalue weighted by Crippen LogP contribution is 2.31. The first-order chi connectivity index (χ1) is 20.2. The van der Waals surface area contributed by atoms with Crippen molar-refractivity contribution in [2.24, 2.45) is 0 Å². The van der Waals surface area contributed by atoms with Crippen molar-refractivity contribution >= 4 is 5.97 Å². The summed E-state index contributed by atoms with van der Waals surface area (Å²) in [5, 5.41) is 0. The summed E-state index contributed by atoms with van der Waals surface area (Å²) < 4.78 is 5.94. The molecule has 0 aliphatic carbocycles. The molecule has 0 heterocycles. The Morgan fingerprint density at radius 3 is 1.48 bits per heavy atom. The number of esters is 1. The molecule has 4 rings (SSSR count). The molecule has 0 aromatic heterocycles. The van der Waals surface area contributed by atoms with Gasteiger partial charge in [-0.05, 0) is 56.9 Å². The van der Waals surface area contributed by atoms with Gasteiger partial charge < -0.3 is 4.74 Å². The number of rotatable bonds is 13. The Morgan fingerprint density at radius 1 is 0.643 bits per heavy atom. The maximum atomic E-state index is 13.6. The van der Waals surface area contributed by atoms with Gasteiger partial charge in [0.05, 0.1) is 6.42 Å². The van der Waals surface area contributed by atoms with E-state index in [9.17, 15) is 4.79 Å². The lowest BCUT2D eigenvalue weighted by Gasteiger charge is -2.44. The smallest absolute Gasteiger partial charge is 0.307 e. The first-order valence-electron chi connectivity index (χ1n) is 15.1. The largest absolute Gasteiger partial charge is 0.460 e. The van der Waals surface area contributed by atoms with Crippen molar-refractivity contribution < 1.29 is 9.53 Å². The lowest BCUT2D eigenvalue weighted by atomic mass is 9.95. The second kappa shape index (κ2) is 14.9. The van der Waals surface area contributed by atoms with Crippen LogP contribution in [0, 0.1) is 0 Å². The molecule has 0 saturated heterocycles. The molecule has 4 aromatic rings. The van der Waals surface area contributed by atoms with Gasteiger partial charge in [0.15, 0.2) is 0 Å². The highest BCUT2D eigenvalue weighted by molar-refractivity contribution is 5.70. The van der Waals surface area contributed by atoms with E-state index < -0.39 is 5.60 Å². The molecule has 0 amide bonds. The molecule has 0 N–H and O–H groups in total. The molecule has 42 heavy (non-hydrogen) atoms. The fraction of sp³-hybridized carbons (Fsp3) is 0.342. The number of ether oxygens (including phenoxy) is 1. The van der Waals surface area contributed by atoms with E-state index in [4.69, 9.17) is 4.74 Å². The van der Waals surface area contributed by atoms with Crippen molar-refractivity contribution in [2.45, 2.75) is 84.4 Å². The number of hydrogen-bond donors (Lipinski definition) is 0. The second-order valence-electron chi connectivity index (χ2n) is 12.2. The Bertz CT molecular complexity index is 1300. The average molecular weight is 563 g/mol. The zero-order valence-electron chi connectivity index (χ0n) is 25.8. The van der Waals surface area contributed by atoms with Crippen LogP contribution < -0.4 is 0 Å². The monoisotopic (exact) mass is 562 g/mol. The quantitative estimate of drug-likeness (QED) is 0.153. The summed E-state index contributed by atoms with van der Waals surface area (Å²) in [6.45, 7) is 12.6. The molecule has 0 aliphatic heterocycles. The van der Waals surface area contributed by atoms with Crippen LogP contribution in [-0.4, -0.2) is 33.5 Å². The van der Waals surface area contributed by atoms with Crippen LogP contribution in [0.2, 0.25) is 0 Å². The number of nitrogens with zero attached hydrogens (tertiary/aromatic N) is 2. The molecule has 0 radical (unpaired) electrons. The molecule has 0 bridgehead atoms. The Kier molecular flexibility index (Phi) is 11.1. The lowest BCUT2D eigenvalue weighted by molar-refractivity contribution is -0.157. The maximum Gasteiger partial charge on any atom is 0.307 e. The van der Waals surface area contributed by atoms with Crippen LogP contribution in [0.4, 0.5) is 0 Å². The van der Waals surface area contributed by atoms with Gasteiger partial charge in [0.25, 0.3) is 0 Å². The minimum atomic E-state index is -0.548. The van der Waals surface area contributed by atoms with E-state index >= 15 is 0 Å². The van der Waals surface area contributed by atoms with Crippen LogP contribution >= 0.6 is 0 Å². The molecule has 0 aliphatic rings. The predicted octanol–water partition coefficient (Wildman–Crippen LogP) is 8.44. The fourth-order valence-corrected chi connectivity index (χ4v) is 5.60. The van der Waals surface area contributed by atoms with Crippen LogP contribution in [0.25, 0.3) is 0 Å².